The van der Waals surface area contributed by atoms with Gasteiger partial charge in [0.15, 0.2) is 5.84 Å². The number of rotatable bonds is 4. The van der Waals surface area contributed by atoms with Crippen LogP contribution in [0.2, 0.25) is 0 Å². The summed E-state index contributed by atoms with van der Waals surface area (Å²) in [5.74, 6) is -0.266. The van der Waals surface area contributed by atoms with Crippen molar-refractivity contribution in [1.29, 1.82) is 0 Å². The van der Waals surface area contributed by atoms with Gasteiger partial charge in [0, 0.05) is 12.1 Å². The quantitative estimate of drug-likeness (QED) is 0.347. The molecule has 0 bridgehead atoms. The molecule has 0 saturated heterocycles. The minimum absolute atomic E-state index is 0.0341. The Bertz CT molecular complexity index is 641. The Morgan fingerprint density at radius 3 is 2.75 bits per heavy atom. The molecule has 0 aliphatic heterocycles. The van der Waals surface area contributed by atoms with E-state index in [1.54, 1.807) is 18.2 Å². The van der Waals surface area contributed by atoms with Crippen LogP contribution in [0.25, 0.3) is 0 Å². The van der Waals surface area contributed by atoms with Crippen molar-refractivity contribution < 1.29 is 9.60 Å². The van der Waals surface area contributed by atoms with E-state index in [4.69, 9.17) is 10.9 Å². The van der Waals surface area contributed by atoms with Gasteiger partial charge in [0.1, 0.15) is 5.82 Å². The first kappa shape index (κ1) is 13.9. The number of nitrogens with one attached hydrogen (secondary N) is 1. The van der Waals surface area contributed by atoms with Crippen LogP contribution in [-0.2, 0) is 6.54 Å². The Balaban J connectivity index is 2.19. The normalized spacial score (nSPS) is 11.4. The first-order valence-electron chi connectivity index (χ1n) is 6.17. The Labute approximate surface area is 116 Å². The molecule has 0 radical (unpaired) electrons. The molecule has 0 atom stereocenters. The Morgan fingerprint density at radius 2 is 2.05 bits per heavy atom. The highest BCUT2D eigenvalue weighted by Gasteiger charge is 2.07. The van der Waals surface area contributed by atoms with E-state index in [-0.39, 0.29) is 11.7 Å². The summed E-state index contributed by atoms with van der Waals surface area (Å²) in [6.45, 7) is 2.22. The Kier molecular flexibility index (Phi) is 4.20. The minimum atomic E-state index is -0.300. The van der Waals surface area contributed by atoms with Crippen LogP contribution in [0.4, 0.5) is 10.1 Å². The molecule has 2 aromatic carbocycles. The zero-order valence-corrected chi connectivity index (χ0v) is 11.1. The lowest BCUT2D eigenvalue weighted by atomic mass is 10.1. The van der Waals surface area contributed by atoms with Gasteiger partial charge in [-0.2, -0.15) is 0 Å². The second-order valence-corrected chi connectivity index (χ2v) is 4.48. The minimum Gasteiger partial charge on any atom is -0.409 e. The summed E-state index contributed by atoms with van der Waals surface area (Å²) >= 11 is 0. The van der Waals surface area contributed by atoms with Crippen molar-refractivity contribution in [1.82, 2.24) is 0 Å². The van der Waals surface area contributed by atoms with Crippen molar-refractivity contribution in [2.45, 2.75) is 13.5 Å². The number of nitrogens with two attached hydrogens (primary N) is 1. The number of halogens is 1. The molecule has 104 valence electrons. The molecule has 0 spiro atoms. The lowest BCUT2D eigenvalue weighted by molar-refractivity contribution is 0.318. The average Bonchev–Trinajstić information content (AvgIpc) is 2.46. The van der Waals surface area contributed by atoms with Gasteiger partial charge >= 0.3 is 0 Å². The molecule has 2 rings (SSSR count). The summed E-state index contributed by atoms with van der Waals surface area (Å²) in [5, 5.41) is 14.8. The van der Waals surface area contributed by atoms with Crippen LogP contribution in [-0.4, -0.2) is 11.0 Å². The molecule has 0 aliphatic carbocycles. The van der Waals surface area contributed by atoms with Crippen LogP contribution in [0.15, 0.2) is 47.6 Å². The SMILES string of the molecule is Cc1ccc(NCc2ccccc2C(N)=NO)c(F)c1. The highest BCUT2D eigenvalue weighted by Crippen LogP contribution is 2.17. The number of hydrogen-bond donors (Lipinski definition) is 3. The van der Waals surface area contributed by atoms with Crippen LogP contribution >= 0.6 is 0 Å². The van der Waals surface area contributed by atoms with E-state index in [2.05, 4.69) is 10.5 Å². The number of anilines is 1. The summed E-state index contributed by atoms with van der Waals surface area (Å²) in [7, 11) is 0. The van der Waals surface area contributed by atoms with Crippen LogP contribution < -0.4 is 11.1 Å². The largest absolute Gasteiger partial charge is 0.409 e. The number of amidine groups is 1. The molecule has 0 unspecified atom stereocenters. The van der Waals surface area contributed by atoms with Crippen LogP contribution in [0, 0.1) is 12.7 Å². The van der Waals surface area contributed by atoms with Gasteiger partial charge < -0.3 is 16.3 Å². The second-order valence-electron chi connectivity index (χ2n) is 4.48. The average molecular weight is 273 g/mol. The van der Waals surface area contributed by atoms with Crippen molar-refractivity contribution in [2.24, 2.45) is 10.9 Å². The van der Waals surface area contributed by atoms with Crippen LogP contribution in [0.1, 0.15) is 16.7 Å². The third kappa shape index (κ3) is 3.06. The molecule has 20 heavy (non-hydrogen) atoms. The topological polar surface area (TPSA) is 70.6 Å². The van der Waals surface area contributed by atoms with E-state index < -0.39 is 0 Å². The van der Waals surface area contributed by atoms with E-state index >= 15 is 0 Å². The summed E-state index contributed by atoms with van der Waals surface area (Å²) < 4.78 is 13.7. The van der Waals surface area contributed by atoms with E-state index in [1.165, 1.54) is 6.07 Å². The summed E-state index contributed by atoms with van der Waals surface area (Å²) in [4.78, 5) is 0. The van der Waals surface area contributed by atoms with Gasteiger partial charge in [0.2, 0.25) is 0 Å². The van der Waals surface area contributed by atoms with Gasteiger partial charge in [0.05, 0.1) is 5.69 Å². The second kappa shape index (κ2) is 6.06. The number of hydrogen-bond acceptors (Lipinski definition) is 3. The lowest BCUT2D eigenvalue weighted by Crippen LogP contribution is -2.17. The zero-order valence-electron chi connectivity index (χ0n) is 11.1. The van der Waals surface area contributed by atoms with Crippen molar-refractivity contribution in [3.8, 4) is 0 Å². The number of benzene rings is 2. The van der Waals surface area contributed by atoms with Gasteiger partial charge in [0.25, 0.3) is 0 Å². The van der Waals surface area contributed by atoms with Crippen molar-refractivity contribution in [3.05, 3.63) is 65.0 Å². The maximum absolute atomic E-state index is 13.7. The fraction of sp³-hybridized carbons (Fsp3) is 0.133. The molecule has 0 aromatic heterocycles. The smallest absolute Gasteiger partial charge is 0.170 e. The monoisotopic (exact) mass is 273 g/mol. The fourth-order valence-electron chi connectivity index (χ4n) is 1.93. The third-order valence-corrected chi connectivity index (χ3v) is 2.99. The molecule has 0 heterocycles. The standard InChI is InChI=1S/C15H16FN3O/c1-10-6-7-14(13(16)8-10)18-9-11-4-2-3-5-12(11)15(17)19-20/h2-8,18,20H,9H2,1H3,(H2,17,19). The van der Waals surface area contributed by atoms with E-state index in [9.17, 15) is 4.39 Å². The zero-order chi connectivity index (χ0) is 14.5. The fourth-order valence-corrected chi connectivity index (χ4v) is 1.93. The van der Waals surface area contributed by atoms with Crippen molar-refractivity contribution in [2.75, 3.05) is 5.32 Å². The predicted molar refractivity (Wildman–Crippen MR) is 77.4 cm³/mol. The van der Waals surface area contributed by atoms with Crippen molar-refractivity contribution >= 4 is 11.5 Å². The first-order valence-corrected chi connectivity index (χ1v) is 6.17. The van der Waals surface area contributed by atoms with Gasteiger partial charge in [-0.3, -0.25) is 0 Å². The number of aryl methyl sites for hydroxylation is 1. The van der Waals surface area contributed by atoms with Crippen LogP contribution in [0.3, 0.4) is 0 Å². The van der Waals surface area contributed by atoms with Gasteiger partial charge in [-0.25, -0.2) is 4.39 Å². The highest BCUT2D eigenvalue weighted by atomic mass is 19.1. The molecular formula is C15H16FN3O. The van der Waals surface area contributed by atoms with Gasteiger partial charge in [-0.15, -0.1) is 0 Å². The summed E-state index contributed by atoms with van der Waals surface area (Å²) in [6, 6.07) is 12.2. The predicted octanol–water partition coefficient (Wildman–Crippen LogP) is 2.84. The maximum atomic E-state index is 13.7. The number of oxime groups is 1. The molecule has 0 fully saturated rings. The molecule has 4 nitrogen and oxygen atoms in total. The first-order chi connectivity index (χ1) is 9.61. The molecule has 2 aromatic rings. The van der Waals surface area contributed by atoms with E-state index in [0.717, 1.165) is 11.1 Å². The lowest BCUT2D eigenvalue weighted by Gasteiger charge is -2.11. The van der Waals surface area contributed by atoms with E-state index in [1.807, 2.05) is 25.1 Å². The Hall–Kier alpha value is -2.56. The maximum Gasteiger partial charge on any atom is 0.170 e. The van der Waals surface area contributed by atoms with Crippen LogP contribution in [0.5, 0.6) is 0 Å². The summed E-state index contributed by atoms with van der Waals surface area (Å²) in [6.07, 6.45) is 0. The Morgan fingerprint density at radius 1 is 1.30 bits per heavy atom. The molecule has 0 aliphatic rings. The van der Waals surface area contributed by atoms with Gasteiger partial charge in [-0.05, 0) is 30.2 Å². The molecule has 0 saturated carbocycles. The van der Waals surface area contributed by atoms with Gasteiger partial charge in [-0.1, -0.05) is 35.5 Å². The van der Waals surface area contributed by atoms with E-state index in [0.29, 0.717) is 17.8 Å². The van der Waals surface area contributed by atoms with Crippen molar-refractivity contribution in [3.63, 3.8) is 0 Å². The highest BCUT2D eigenvalue weighted by molar-refractivity contribution is 5.98. The third-order valence-electron chi connectivity index (χ3n) is 2.99. The summed E-state index contributed by atoms with van der Waals surface area (Å²) in [5.41, 5.74) is 8.34. The molecule has 4 N–H and O–H groups in total. The molecule has 5 heteroatoms. The molecule has 0 amide bonds. The molecular weight excluding hydrogens is 257 g/mol. The number of nitrogens with zero attached hydrogens (tertiary/aromatic N) is 1.